The van der Waals surface area contributed by atoms with Crippen molar-refractivity contribution >= 4 is 11.6 Å². The molecule has 0 aliphatic rings. The summed E-state index contributed by atoms with van der Waals surface area (Å²) in [5, 5.41) is 0.757. The van der Waals surface area contributed by atoms with Crippen LogP contribution < -0.4 is 5.73 Å². The third-order valence-electron chi connectivity index (χ3n) is 2.72. The van der Waals surface area contributed by atoms with Gasteiger partial charge < -0.3 is 10.2 Å². The zero-order valence-corrected chi connectivity index (χ0v) is 10.8. The van der Waals surface area contributed by atoms with Crippen LogP contribution >= 0.6 is 11.6 Å². The van der Waals surface area contributed by atoms with Crippen molar-refractivity contribution in [2.75, 3.05) is 0 Å². The average molecular weight is 250 g/mol. The van der Waals surface area contributed by atoms with Gasteiger partial charge in [0.25, 0.3) is 0 Å². The van der Waals surface area contributed by atoms with Crippen molar-refractivity contribution in [3.8, 4) is 11.3 Å². The molecule has 0 bridgehead atoms. The van der Waals surface area contributed by atoms with E-state index in [0.717, 1.165) is 34.1 Å². The minimum Gasteiger partial charge on any atom is -0.461 e. The van der Waals surface area contributed by atoms with E-state index in [1.54, 1.807) is 0 Å². The number of hydrogen-bond acceptors (Lipinski definition) is 2. The molecule has 90 valence electrons. The fourth-order valence-corrected chi connectivity index (χ4v) is 2.00. The van der Waals surface area contributed by atoms with Crippen LogP contribution in [-0.4, -0.2) is 6.04 Å². The Morgan fingerprint density at radius 3 is 2.76 bits per heavy atom. The normalized spacial score (nSPS) is 12.7. The van der Waals surface area contributed by atoms with Crippen molar-refractivity contribution in [2.24, 2.45) is 5.73 Å². The van der Waals surface area contributed by atoms with Crippen molar-refractivity contribution < 1.29 is 4.42 Å². The molecule has 0 aliphatic heterocycles. The van der Waals surface area contributed by atoms with Gasteiger partial charge in [0.05, 0.1) is 0 Å². The number of halogens is 1. The standard InChI is InChI=1S/C14H16ClNO/c1-9(16)8-11-6-7-14(17-11)12-4-3-5-13(15)10(12)2/h3-7,9H,8,16H2,1-2H3. The Bertz CT molecular complexity index is 517. The summed E-state index contributed by atoms with van der Waals surface area (Å²) >= 11 is 6.09. The molecule has 2 rings (SSSR count). The summed E-state index contributed by atoms with van der Waals surface area (Å²) in [5.41, 5.74) is 7.82. The third-order valence-corrected chi connectivity index (χ3v) is 3.13. The van der Waals surface area contributed by atoms with Crippen molar-refractivity contribution in [3.05, 3.63) is 46.7 Å². The molecule has 0 radical (unpaired) electrons. The quantitative estimate of drug-likeness (QED) is 0.899. The minimum atomic E-state index is 0.106. The number of benzene rings is 1. The van der Waals surface area contributed by atoms with Crippen molar-refractivity contribution in [2.45, 2.75) is 26.3 Å². The lowest BCUT2D eigenvalue weighted by Gasteiger charge is -2.05. The van der Waals surface area contributed by atoms with Crippen LogP contribution in [-0.2, 0) is 6.42 Å². The largest absolute Gasteiger partial charge is 0.461 e. The van der Waals surface area contributed by atoms with Gasteiger partial charge >= 0.3 is 0 Å². The molecule has 1 heterocycles. The summed E-state index contributed by atoms with van der Waals surface area (Å²) in [5.74, 6) is 1.76. The molecule has 1 aromatic carbocycles. The Balaban J connectivity index is 2.34. The molecule has 3 heteroatoms. The van der Waals surface area contributed by atoms with Gasteiger partial charge in [-0.2, -0.15) is 0 Å². The van der Waals surface area contributed by atoms with Gasteiger partial charge in [-0.1, -0.05) is 23.7 Å². The van der Waals surface area contributed by atoms with E-state index in [1.807, 2.05) is 44.2 Å². The van der Waals surface area contributed by atoms with E-state index < -0.39 is 0 Å². The summed E-state index contributed by atoms with van der Waals surface area (Å²) in [6.45, 7) is 3.96. The smallest absolute Gasteiger partial charge is 0.134 e. The van der Waals surface area contributed by atoms with Crippen molar-refractivity contribution in [1.82, 2.24) is 0 Å². The van der Waals surface area contributed by atoms with Gasteiger partial charge in [0, 0.05) is 23.0 Å². The van der Waals surface area contributed by atoms with E-state index in [0.29, 0.717) is 0 Å². The lowest BCUT2D eigenvalue weighted by Crippen LogP contribution is -2.17. The van der Waals surface area contributed by atoms with E-state index >= 15 is 0 Å². The van der Waals surface area contributed by atoms with Gasteiger partial charge in [0.1, 0.15) is 11.5 Å². The van der Waals surface area contributed by atoms with E-state index in [9.17, 15) is 0 Å². The maximum absolute atomic E-state index is 6.09. The molecule has 1 unspecified atom stereocenters. The second-order valence-electron chi connectivity index (χ2n) is 4.36. The molecule has 2 aromatic rings. The zero-order valence-electron chi connectivity index (χ0n) is 10.0. The van der Waals surface area contributed by atoms with E-state index in [1.165, 1.54) is 0 Å². The van der Waals surface area contributed by atoms with Gasteiger partial charge in [-0.3, -0.25) is 0 Å². The fraction of sp³-hybridized carbons (Fsp3) is 0.286. The Morgan fingerprint density at radius 1 is 1.29 bits per heavy atom. The highest BCUT2D eigenvalue weighted by Gasteiger charge is 2.10. The molecular formula is C14H16ClNO. The first-order valence-corrected chi connectivity index (χ1v) is 6.05. The highest BCUT2D eigenvalue weighted by atomic mass is 35.5. The molecule has 0 aliphatic carbocycles. The van der Waals surface area contributed by atoms with Crippen LogP contribution in [0.15, 0.2) is 34.7 Å². The lowest BCUT2D eigenvalue weighted by atomic mass is 10.1. The van der Waals surface area contributed by atoms with Gasteiger partial charge in [-0.15, -0.1) is 0 Å². The van der Waals surface area contributed by atoms with E-state index in [2.05, 4.69) is 0 Å². The maximum Gasteiger partial charge on any atom is 0.134 e. The molecular weight excluding hydrogens is 234 g/mol. The van der Waals surface area contributed by atoms with Crippen LogP contribution in [0.5, 0.6) is 0 Å². The molecule has 2 nitrogen and oxygen atoms in total. The summed E-state index contributed by atoms with van der Waals surface area (Å²) in [6.07, 6.45) is 0.750. The van der Waals surface area contributed by atoms with Crippen molar-refractivity contribution in [3.63, 3.8) is 0 Å². The monoisotopic (exact) mass is 249 g/mol. The number of rotatable bonds is 3. The fourth-order valence-electron chi connectivity index (χ4n) is 1.82. The second-order valence-corrected chi connectivity index (χ2v) is 4.77. The SMILES string of the molecule is Cc1c(Cl)cccc1-c1ccc(CC(C)N)o1. The van der Waals surface area contributed by atoms with Gasteiger partial charge in [0.2, 0.25) is 0 Å². The Labute approximate surface area is 106 Å². The maximum atomic E-state index is 6.09. The summed E-state index contributed by atoms with van der Waals surface area (Å²) in [7, 11) is 0. The van der Waals surface area contributed by atoms with Crippen LogP contribution in [0.4, 0.5) is 0 Å². The highest BCUT2D eigenvalue weighted by molar-refractivity contribution is 6.31. The highest BCUT2D eigenvalue weighted by Crippen LogP contribution is 2.29. The van der Waals surface area contributed by atoms with Crippen LogP contribution in [0.3, 0.4) is 0 Å². The minimum absolute atomic E-state index is 0.106. The first-order chi connectivity index (χ1) is 8.08. The topological polar surface area (TPSA) is 39.2 Å². The van der Waals surface area contributed by atoms with Gasteiger partial charge in [0.15, 0.2) is 0 Å². The van der Waals surface area contributed by atoms with Crippen molar-refractivity contribution in [1.29, 1.82) is 0 Å². The van der Waals surface area contributed by atoms with Crippen LogP contribution in [0.25, 0.3) is 11.3 Å². The van der Waals surface area contributed by atoms with Crippen LogP contribution in [0.1, 0.15) is 18.2 Å². The first-order valence-electron chi connectivity index (χ1n) is 5.67. The molecule has 0 saturated heterocycles. The molecule has 1 atom stereocenters. The summed E-state index contributed by atoms with van der Waals surface area (Å²) in [6, 6.07) is 9.87. The lowest BCUT2D eigenvalue weighted by molar-refractivity contribution is 0.503. The average Bonchev–Trinajstić information content (AvgIpc) is 2.69. The molecule has 2 N–H and O–H groups in total. The molecule has 0 amide bonds. The summed E-state index contributed by atoms with van der Waals surface area (Å²) in [4.78, 5) is 0. The number of furan rings is 1. The van der Waals surface area contributed by atoms with E-state index in [-0.39, 0.29) is 6.04 Å². The first kappa shape index (κ1) is 12.2. The Kier molecular flexibility index (Phi) is 3.55. The predicted molar refractivity (Wildman–Crippen MR) is 71.2 cm³/mol. The second kappa shape index (κ2) is 4.94. The molecule has 0 spiro atoms. The Hall–Kier alpha value is -1.25. The van der Waals surface area contributed by atoms with Gasteiger partial charge in [-0.25, -0.2) is 0 Å². The third kappa shape index (κ3) is 2.71. The number of nitrogens with two attached hydrogens (primary N) is 1. The molecule has 1 aromatic heterocycles. The molecule has 0 saturated carbocycles. The van der Waals surface area contributed by atoms with Crippen LogP contribution in [0.2, 0.25) is 5.02 Å². The number of hydrogen-bond donors (Lipinski definition) is 1. The van der Waals surface area contributed by atoms with Crippen LogP contribution in [0, 0.1) is 6.92 Å². The molecule has 0 fully saturated rings. The zero-order chi connectivity index (χ0) is 12.4. The van der Waals surface area contributed by atoms with E-state index in [4.69, 9.17) is 21.8 Å². The predicted octanol–water partition coefficient (Wildman–Crippen LogP) is 3.80. The van der Waals surface area contributed by atoms with Gasteiger partial charge in [-0.05, 0) is 37.6 Å². The Morgan fingerprint density at radius 2 is 2.06 bits per heavy atom. The molecule has 17 heavy (non-hydrogen) atoms. The summed E-state index contributed by atoms with van der Waals surface area (Å²) < 4.78 is 5.78.